The van der Waals surface area contributed by atoms with Crippen LogP contribution in [0.3, 0.4) is 0 Å². The number of amides is 1. The molecule has 2 aromatic rings. The minimum Gasteiger partial charge on any atom is -0.480 e. The summed E-state index contributed by atoms with van der Waals surface area (Å²) in [6.07, 6.45) is 1.51. The van der Waals surface area contributed by atoms with Gasteiger partial charge in [-0.15, -0.1) is 0 Å². The highest BCUT2D eigenvalue weighted by Gasteiger charge is 2.34. The Labute approximate surface area is 145 Å². The third kappa shape index (κ3) is 3.15. The van der Waals surface area contributed by atoms with Crippen molar-refractivity contribution in [2.45, 2.75) is 26.8 Å². The smallest absolute Gasteiger partial charge is 0.328 e. The Hall–Kier alpha value is -2.67. The maximum Gasteiger partial charge on any atom is 0.328 e. The van der Waals surface area contributed by atoms with E-state index in [1.807, 2.05) is 39.0 Å². The molecule has 0 saturated carbocycles. The minimum atomic E-state index is -1.06. The largest absolute Gasteiger partial charge is 0.480 e. The van der Waals surface area contributed by atoms with Crippen LogP contribution in [0.5, 0.6) is 0 Å². The first-order valence-corrected chi connectivity index (χ1v) is 8.14. The van der Waals surface area contributed by atoms with E-state index in [0.717, 1.165) is 16.8 Å². The van der Waals surface area contributed by atoms with Crippen LogP contribution < -0.4 is 0 Å². The lowest BCUT2D eigenvalue weighted by Gasteiger charge is -2.32. The molecular weight excluding hydrogens is 322 g/mol. The van der Waals surface area contributed by atoms with Crippen molar-refractivity contribution < 1.29 is 19.4 Å². The molecule has 1 atom stereocenters. The van der Waals surface area contributed by atoms with E-state index in [1.54, 1.807) is 4.68 Å². The first kappa shape index (κ1) is 17.2. The highest BCUT2D eigenvalue weighted by molar-refractivity contribution is 5.97. The van der Waals surface area contributed by atoms with Crippen LogP contribution in [0, 0.1) is 20.8 Å². The first-order chi connectivity index (χ1) is 11.9. The number of ether oxygens (including phenoxy) is 1. The molecule has 1 aliphatic rings. The highest BCUT2D eigenvalue weighted by atomic mass is 16.5. The SMILES string of the molecule is Cc1ccc(C)c(-n2ncc(C(=O)N3CCOC[C@@H]3C(=O)O)c2C)c1. The van der Waals surface area contributed by atoms with E-state index in [9.17, 15) is 14.7 Å². The molecule has 0 unspecified atom stereocenters. The molecule has 0 bridgehead atoms. The van der Waals surface area contributed by atoms with E-state index in [1.165, 1.54) is 11.1 Å². The molecule has 0 aliphatic carbocycles. The summed E-state index contributed by atoms with van der Waals surface area (Å²) in [5, 5.41) is 13.7. The van der Waals surface area contributed by atoms with Gasteiger partial charge in [0.1, 0.15) is 0 Å². The van der Waals surface area contributed by atoms with Gasteiger partial charge in [-0.25, -0.2) is 9.48 Å². The normalized spacial score (nSPS) is 17.6. The van der Waals surface area contributed by atoms with Crippen molar-refractivity contribution >= 4 is 11.9 Å². The lowest BCUT2D eigenvalue weighted by molar-refractivity contribution is -0.147. The number of aliphatic carboxylic acids is 1. The fourth-order valence-electron chi connectivity index (χ4n) is 3.02. The quantitative estimate of drug-likeness (QED) is 0.917. The molecule has 1 N–H and O–H groups in total. The van der Waals surface area contributed by atoms with Crippen LogP contribution in [0.2, 0.25) is 0 Å². The molecule has 0 radical (unpaired) electrons. The van der Waals surface area contributed by atoms with Crippen LogP contribution in [0.15, 0.2) is 24.4 Å². The number of carboxylic acids is 1. The lowest BCUT2D eigenvalue weighted by Crippen LogP contribution is -2.52. The highest BCUT2D eigenvalue weighted by Crippen LogP contribution is 2.21. The maximum absolute atomic E-state index is 12.9. The molecule has 7 heteroatoms. The van der Waals surface area contributed by atoms with Gasteiger partial charge in [0.15, 0.2) is 6.04 Å². The van der Waals surface area contributed by atoms with E-state index >= 15 is 0 Å². The van der Waals surface area contributed by atoms with Gasteiger partial charge >= 0.3 is 5.97 Å². The summed E-state index contributed by atoms with van der Waals surface area (Å²) in [6.45, 7) is 6.39. The summed E-state index contributed by atoms with van der Waals surface area (Å²) in [5.74, 6) is -1.39. The Bertz CT molecular complexity index is 828. The van der Waals surface area contributed by atoms with Gasteiger partial charge in [-0.2, -0.15) is 5.10 Å². The van der Waals surface area contributed by atoms with E-state index in [0.29, 0.717) is 17.9 Å². The molecule has 0 spiro atoms. The van der Waals surface area contributed by atoms with Gasteiger partial charge in [-0.3, -0.25) is 4.79 Å². The molecule has 7 nitrogen and oxygen atoms in total. The molecule has 25 heavy (non-hydrogen) atoms. The Morgan fingerprint density at radius 3 is 2.76 bits per heavy atom. The van der Waals surface area contributed by atoms with Gasteiger partial charge in [0, 0.05) is 6.54 Å². The van der Waals surface area contributed by atoms with Crippen molar-refractivity contribution in [2.75, 3.05) is 19.8 Å². The lowest BCUT2D eigenvalue weighted by atomic mass is 10.1. The first-order valence-electron chi connectivity index (χ1n) is 8.14. The van der Waals surface area contributed by atoms with Crippen molar-refractivity contribution in [1.29, 1.82) is 0 Å². The predicted octanol–water partition coefficient (Wildman–Crippen LogP) is 1.72. The number of rotatable bonds is 3. The van der Waals surface area contributed by atoms with Crippen LogP contribution in [0.1, 0.15) is 27.2 Å². The molecule has 1 aromatic carbocycles. The molecule has 1 saturated heterocycles. The number of carbonyl (C=O) groups excluding carboxylic acids is 1. The number of nitrogens with zero attached hydrogens (tertiary/aromatic N) is 3. The molecular formula is C18H21N3O4. The fraction of sp³-hybridized carbons (Fsp3) is 0.389. The average Bonchev–Trinajstić information content (AvgIpc) is 2.97. The Morgan fingerprint density at radius 2 is 2.04 bits per heavy atom. The van der Waals surface area contributed by atoms with Crippen LogP contribution in [0.4, 0.5) is 0 Å². The summed E-state index contributed by atoms with van der Waals surface area (Å²) in [5.41, 5.74) is 4.16. The number of morpholine rings is 1. The summed E-state index contributed by atoms with van der Waals surface area (Å²) in [7, 11) is 0. The number of aromatic nitrogens is 2. The third-order valence-corrected chi connectivity index (χ3v) is 4.51. The second-order valence-electron chi connectivity index (χ2n) is 6.27. The average molecular weight is 343 g/mol. The summed E-state index contributed by atoms with van der Waals surface area (Å²) < 4.78 is 6.93. The molecule has 1 amide bonds. The summed E-state index contributed by atoms with van der Waals surface area (Å²) >= 11 is 0. The zero-order valence-corrected chi connectivity index (χ0v) is 14.5. The van der Waals surface area contributed by atoms with E-state index in [4.69, 9.17) is 4.74 Å². The standard InChI is InChI=1S/C18H21N3O4/c1-11-4-5-12(2)15(8-11)21-13(3)14(9-19-21)17(22)20-6-7-25-10-16(20)18(23)24/h4-5,8-9,16H,6-7,10H2,1-3H3,(H,23,24)/t16-/m1/s1. The van der Waals surface area contributed by atoms with Crippen LogP contribution >= 0.6 is 0 Å². The second-order valence-corrected chi connectivity index (χ2v) is 6.27. The molecule has 1 fully saturated rings. The Kier molecular flexibility index (Phi) is 4.59. The Balaban J connectivity index is 1.96. The summed E-state index contributed by atoms with van der Waals surface area (Å²) in [4.78, 5) is 25.6. The van der Waals surface area contributed by atoms with E-state index in [2.05, 4.69) is 5.10 Å². The number of carboxylic acid groups (broad SMARTS) is 1. The van der Waals surface area contributed by atoms with Gasteiger partial charge in [0.05, 0.1) is 36.4 Å². The van der Waals surface area contributed by atoms with Gasteiger partial charge < -0.3 is 14.7 Å². The molecule has 1 aliphatic heterocycles. The second kappa shape index (κ2) is 6.68. The third-order valence-electron chi connectivity index (χ3n) is 4.51. The van der Waals surface area contributed by atoms with Crippen molar-refractivity contribution in [1.82, 2.24) is 14.7 Å². The van der Waals surface area contributed by atoms with Gasteiger partial charge in [-0.1, -0.05) is 12.1 Å². The van der Waals surface area contributed by atoms with Crippen LogP contribution in [-0.4, -0.2) is 57.5 Å². The topological polar surface area (TPSA) is 84.7 Å². The monoisotopic (exact) mass is 343 g/mol. The zero-order valence-electron chi connectivity index (χ0n) is 14.5. The van der Waals surface area contributed by atoms with Crippen molar-refractivity contribution in [3.63, 3.8) is 0 Å². The molecule has 132 valence electrons. The summed E-state index contributed by atoms with van der Waals surface area (Å²) in [6, 6.07) is 5.08. The molecule has 3 rings (SSSR count). The van der Waals surface area contributed by atoms with Crippen LogP contribution in [0.25, 0.3) is 5.69 Å². The zero-order chi connectivity index (χ0) is 18.1. The minimum absolute atomic E-state index is 0.00520. The van der Waals surface area contributed by atoms with E-state index in [-0.39, 0.29) is 19.1 Å². The molecule has 1 aromatic heterocycles. The van der Waals surface area contributed by atoms with Gasteiger partial charge in [-0.05, 0) is 38.0 Å². The molecule has 2 heterocycles. The van der Waals surface area contributed by atoms with Crippen molar-refractivity contribution in [3.05, 3.63) is 46.8 Å². The number of aryl methyl sites for hydroxylation is 2. The number of benzene rings is 1. The maximum atomic E-state index is 12.9. The number of carbonyl (C=O) groups is 2. The van der Waals surface area contributed by atoms with Gasteiger partial charge in [0.25, 0.3) is 5.91 Å². The van der Waals surface area contributed by atoms with E-state index < -0.39 is 12.0 Å². The predicted molar refractivity (Wildman–Crippen MR) is 91.1 cm³/mol. The Morgan fingerprint density at radius 1 is 1.28 bits per heavy atom. The van der Waals surface area contributed by atoms with Crippen molar-refractivity contribution in [3.8, 4) is 5.69 Å². The number of hydrogen-bond donors (Lipinski definition) is 1. The number of hydrogen-bond acceptors (Lipinski definition) is 4. The van der Waals surface area contributed by atoms with Crippen molar-refractivity contribution in [2.24, 2.45) is 0 Å². The fourth-order valence-corrected chi connectivity index (χ4v) is 3.02. The van der Waals surface area contributed by atoms with Crippen LogP contribution in [-0.2, 0) is 9.53 Å². The van der Waals surface area contributed by atoms with Gasteiger partial charge in [0.2, 0.25) is 0 Å².